The molecule has 0 radical (unpaired) electrons. The molecule has 0 aromatic heterocycles. The highest BCUT2D eigenvalue weighted by molar-refractivity contribution is 4.79. The van der Waals surface area contributed by atoms with Gasteiger partial charge in [-0.25, -0.2) is 0 Å². The van der Waals surface area contributed by atoms with Crippen molar-refractivity contribution in [1.82, 2.24) is 4.90 Å². The van der Waals surface area contributed by atoms with Gasteiger partial charge >= 0.3 is 0 Å². The molecule has 0 bridgehead atoms. The van der Waals surface area contributed by atoms with Gasteiger partial charge in [0.2, 0.25) is 0 Å². The highest BCUT2D eigenvalue weighted by Gasteiger charge is 2.24. The van der Waals surface area contributed by atoms with E-state index in [0.717, 1.165) is 11.8 Å². The Labute approximate surface area is 94.2 Å². The molecule has 2 rings (SSSR count). The summed E-state index contributed by atoms with van der Waals surface area (Å²) in [6.07, 6.45) is 9.67. The maximum absolute atomic E-state index is 5.94. The molecular weight excluding hydrogens is 184 g/mol. The van der Waals surface area contributed by atoms with Gasteiger partial charge in [-0.15, -0.1) is 0 Å². The van der Waals surface area contributed by atoms with Crippen molar-refractivity contribution in [2.75, 3.05) is 20.1 Å². The first-order valence-corrected chi connectivity index (χ1v) is 6.68. The normalized spacial score (nSPS) is 39.2. The predicted octanol–water partition coefficient (Wildman–Crippen LogP) is 2.24. The number of likely N-dealkylation sites (tertiary alicyclic amines) is 1. The van der Waals surface area contributed by atoms with E-state index in [1.54, 1.807) is 0 Å². The Morgan fingerprint density at radius 1 is 1.07 bits per heavy atom. The molecule has 1 aliphatic carbocycles. The lowest BCUT2D eigenvalue weighted by Crippen LogP contribution is -2.34. The van der Waals surface area contributed by atoms with Gasteiger partial charge in [-0.1, -0.05) is 0 Å². The molecule has 1 aliphatic heterocycles. The summed E-state index contributed by atoms with van der Waals surface area (Å²) in [5.74, 6) is 1.96. The predicted molar refractivity (Wildman–Crippen MR) is 64.8 cm³/mol. The summed E-state index contributed by atoms with van der Waals surface area (Å²) in [5.41, 5.74) is 5.94. The Morgan fingerprint density at radius 2 is 1.80 bits per heavy atom. The fourth-order valence-corrected chi connectivity index (χ4v) is 3.36. The van der Waals surface area contributed by atoms with Gasteiger partial charge < -0.3 is 10.6 Å². The third kappa shape index (κ3) is 3.46. The van der Waals surface area contributed by atoms with Crippen molar-refractivity contribution in [1.29, 1.82) is 0 Å². The average molecular weight is 210 g/mol. The number of hydrogen-bond donors (Lipinski definition) is 1. The van der Waals surface area contributed by atoms with E-state index in [4.69, 9.17) is 5.73 Å². The van der Waals surface area contributed by atoms with Crippen LogP contribution in [0.15, 0.2) is 0 Å². The monoisotopic (exact) mass is 210 g/mol. The summed E-state index contributed by atoms with van der Waals surface area (Å²) in [5, 5.41) is 0. The van der Waals surface area contributed by atoms with Crippen LogP contribution in [0.1, 0.15) is 44.9 Å². The largest absolute Gasteiger partial charge is 0.328 e. The Balaban J connectivity index is 1.71. The second kappa shape index (κ2) is 5.31. The standard InChI is InChI=1S/C13H26N2/c1-15-8-2-3-12(10-15)9-11-4-6-13(14)7-5-11/h11-13H,2-10,14H2,1H3. The zero-order valence-electron chi connectivity index (χ0n) is 10.1. The average Bonchev–Trinajstić information content (AvgIpc) is 2.22. The molecule has 0 spiro atoms. The lowest BCUT2D eigenvalue weighted by molar-refractivity contribution is 0.168. The second-order valence-electron chi connectivity index (χ2n) is 5.79. The van der Waals surface area contributed by atoms with Gasteiger partial charge in [0.25, 0.3) is 0 Å². The van der Waals surface area contributed by atoms with Crippen molar-refractivity contribution in [3.63, 3.8) is 0 Å². The first kappa shape index (κ1) is 11.4. The molecule has 1 heterocycles. The van der Waals surface area contributed by atoms with Crippen molar-refractivity contribution in [2.24, 2.45) is 17.6 Å². The maximum atomic E-state index is 5.94. The molecule has 1 saturated carbocycles. The quantitative estimate of drug-likeness (QED) is 0.757. The second-order valence-corrected chi connectivity index (χ2v) is 5.79. The lowest BCUT2D eigenvalue weighted by Gasteiger charge is -2.34. The van der Waals surface area contributed by atoms with E-state index in [9.17, 15) is 0 Å². The summed E-state index contributed by atoms with van der Waals surface area (Å²) >= 11 is 0. The zero-order chi connectivity index (χ0) is 10.7. The molecule has 15 heavy (non-hydrogen) atoms. The molecule has 1 saturated heterocycles. The highest BCUT2D eigenvalue weighted by atomic mass is 15.1. The van der Waals surface area contributed by atoms with E-state index in [2.05, 4.69) is 11.9 Å². The van der Waals surface area contributed by atoms with E-state index >= 15 is 0 Å². The van der Waals surface area contributed by atoms with E-state index < -0.39 is 0 Å². The third-order valence-electron chi connectivity index (χ3n) is 4.28. The number of rotatable bonds is 2. The molecular formula is C13H26N2. The summed E-state index contributed by atoms with van der Waals surface area (Å²) in [6, 6.07) is 0.510. The van der Waals surface area contributed by atoms with Gasteiger partial charge in [-0.05, 0) is 70.4 Å². The molecule has 2 aliphatic rings. The van der Waals surface area contributed by atoms with Crippen LogP contribution < -0.4 is 5.73 Å². The van der Waals surface area contributed by atoms with Crippen LogP contribution in [-0.4, -0.2) is 31.1 Å². The van der Waals surface area contributed by atoms with Gasteiger partial charge in [-0.3, -0.25) is 0 Å². The zero-order valence-corrected chi connectivity index (χ0v) is 10.1. The van der Waals surface area contributed by atoms with Crippen LogP contribution in [0.5, 0.6) is 0 Å². The molecule has 2 N–H and O–H groups in total. The number of piperidine rings is 1. The Bertz CT molecular complexity index is 185. The number of nitrogens with two attached hydrogens (primary N) is 1. The molecule has 1 unspecified atom stereocenters. The van der Waals surface area contributed by atoms with Crippen molar-refractivity contribution in [3.8, 4) is 0 Å². The van der Waals surface area contributed by atoms with Crippen molar-refractivity contribution in [3.05, 3.63) is 0 Å². The minimum atomic E-state index is 0.510. The van der Waals surface area contributed by atoms with Crippen molar-refractivity contribution < 1.29 is 0 Å². The molecule has 0 aromatic carbocycles. The van der Waals surface area contributed by atoms with E-state index in [0.29, 0.717) is 6.04 Å². The van der Waals surface area contributed by atoms with Crippen LogP contribution in [0.3, 0.4) is 0 Å². The molecule has 2 heteroatoms. The van der Waals surface area contributed by atoms with Crippen LogP contribution in [0.2, 0.25) is 0 Å². The van der Waals surface area contributed by atoms with Crippen molar-refractivity contribution in [2.45, 2.75) is 51.0 Å². The van der Waals surface area contributed by atoms with Crippen LogP contribution in [-0.2, 0) is 0 Å². The minimum Gasteiger partial charge on any atom is -0.328 e. The number of nitrogens with zero attached hydrogens (tertiary/aromatic N) is 1. The molecule has 1 atom stereocenters. The van der Waals surface area contributed by atoms with E-state index in [1.807, 2.05) is 0 Å². The SMILES string of the molecule is CN1CCCC(CC2CCC(N)CC2)C1. The lowest BCUT2D eigenvalue weighted by atomic mass is 9.79. The molecule has 88 valence electrons. The van der Waals surface area contributed by atoms with Crippen LogP contribution in [0, 0.1) is 11.8 Å². The first-order valence-electron chi connectivity index (χ1n) is 6.68. The van der Waals surface area contributed by atoms with Gasteiger partial charge in [0.15, 0.2) is 0 Å². The first-order chi connectivity index (χ1) is 7.24. The summed E-state index contributed by atoms with van der Waals surface area (Å²) in [4.78, 5) is 2.50. The molecule has 2 nitrogen and oxygen atoms in total. The summed E-state index contributed by atoms with van der Waals surface area (Å²) in [6.45, 7) is 2.65. The Morgan fingerprint density at radius 3 is 2.47 bits per heavy atom. The van der Waals surface area contributed by atoms with Crippen LogP contribution >= 0.6 is 0 Å². The highest BCUT2D eigenvalue weighted by Crippen LogP contribution is 2.31. The van der Waals surface area contributed by atoms with E-state index in [1.165, 1.54) is 58.0 Å². The van der Waals surface area contributed by atoms with Crippen LogP contribution in [0.25, 0.3) is 0 Å². The summed E-state index contributed by atoms with van der Waals surface area (Å²) in [7, 11) is 2.27. The van der Waals surface area contributed by atoms with Crippen LogP contribution in [0.4, 0.5) is 0 Å². The minimum absolute atomic E-state index is 0.510. The molecule has 0 amide bonds. The Kier molecular flexibility index (Phi) is 4.04. The Hall–Kier alpha value is -0.0800. The van der Waals surface area contributed by atoms with Gasteiger partial charge in [0, 0.05) is 12.6 Å². The van der Waals surface area contributed by atoms with Gasteiger partial charge in [0.1, 0.15) is 0 Å². The van der Waals surface area contributed by atoms with Gasteiger partial charge in [-0.2, -0.15) is 0 Å². The smallest absolute Gasteiger partial charge is 0.00390 e. The van der Waals surface area contributed by atoms with E-state index in [-0.39, 0.29) is 0 Å². The fourth-order valence-electron chi connectivity index (χ4n) is 3.36. The third-order valence-corrected chi connectivity index (χ3v) is 4.28. The fraction of sp³-hybridized carbons (Fsp3) is 1.00. The molecule has 2 fully saturated rings. The van der Waals surface area contributed by atoms with Gasteiger partial charge in [0.05, 0.1) is 0 Å². The number of hydrogen-bond acceptors (Lipinski definition) is 2. The maximum Gasteiger partial charge on any atom is 0.00390 e. The topological polar surface area (TPSA) is 29.3 Å². The van der Waals surface area contributed by atoms with Crippen molar-refractivity contribution >= 4 is 0 Å². The molecule has 0 aromatic rings. The summed E-state index contributed by atoms with van der Waals surface area (Å²) < 4.78 is 0.